The van der Waals surface area contributed by atoms with Gasteiger partial charge in [-0.2, -0.15) is 0 Å². The minimum Gasteiger partial charge on any atom is -0.396 e. The summed E-state index contributed by atoms with van der Waals surface area (Å²) in [5.41, 5.74) is 0.599. The van der Waals surface area contributed by atoms with E-state index in [-0.39, 0.29) is 5.41 Å². The standard InChI is InChI=1S/C10H20O/c1-4-9(2,3)10(8-11)6-5-7-10/h11H,4-8H2,1-3H3. The van der Waals surface area contributed by atoms with Crippen molar-refractivity contribution >= 4 is 0 Å². The first kappa shape index (κ1) is 9.05. The Balaban J connectivity index is 2.68. The first-order valence-electron chi connectivity index (χ1n) is 4.69. The molecule has 0 unspecified atom stereocenters. The van der Waals surface area contributed by atoms with Gasteiger partial charge in [0.05, 0.1) is 0 Å². The summed E-state index contributed by atoms with van der Waals surface area (Å²) < 4.78 is 0. The van der Waals surface area contributed by atoms with Crippen molar-refractivity contribution in [2.45, 2.75) is 46.5 Å². The minimum absolute atomic E-state index is 0.266. The molecule has 1 rings (SSSR count). The fraction of sp³-hybridized carbons (Fsp3) is 1.00. The summed E-state index contributed by atoms with van der Waals surface area (Å²) in [4.78, 5) is 0. The Kier molecular flexibility index (Phi) is 2.29. The van der Waals surface area contributed by atoms with Crippen LogP contribution in [-0.4, -0.2) is 11.7 Å². The highest BCUT2D eigenvalue weighted by Crippen LogP contribution is 2.54. The van der Waals surface area contributed by atoms with Gasteiger partial charge in [-0.1, -0.05) is 33.6 Å². The van der Waals surface area contributed by atoms with Gasteiger partial charge in [0.2, 0.25) is 0 Å². The van der Waals surface area contributed by atoms with E-state index in [1.807, 2.05) is 0 Å². The third-order valence-corrected chi connectivity index (χ3v) is 3.93. The Morgan fingerprint density at radius 3 is 2.00 bits per heavy atom. The highest BCUT2D eigenvalue weighted by Gasteiger charge is 2.47. The van der Waals surface area contributed by atoms with Crippen molar-refractivity contribution in [1.29, 1.82) is 0 Å². The molecule has 0 aliphatic heterocycles. The van der Waals surface area contributed by atoms with Crippen molar-refractivity contribution in [1.82, 2.24) is 0 Å². The Labute approximate surface area is 69.8 Å². The van der Waals surface area contributed by atoms with E-state index in [0.717, 1.165) is 0 Å². The molecule has 0 aromatic rings. The molecule has 1 saturated carbocycles. The third-order valence-electron chi connectivity index (χ3n) is 3.93. The second-order valence-corrected chi connectivity index (χ2v) is 4.53. The summed E-state index contributed by atoms with van der Waals surface area (Å²) in [5.74, 6) is 0. The van der Waals surface area contributed by atoms with E-state index in [4.69, 9.17) is 0 Å². The van der Waals surface area contributed by atoms with E-state index in [2.05, 4.69) is 20.8 Å². The van der Waals surface area contributed by atoms with Crippen molar-refractivity contribution < 1.29 is 5.11 Å². The predicted octanol–water partition coefficient (Wildman–Crippen LogP) is 2.59. The quantitative estimate of drug-likeness (QED) is 0.666. The van der Waals surface area contributed by atoms with Crippen LogP contribution in [0.5, 0.6) is 0 Å². The third kappa shape index (κ3) is 1.20. The van der Waals surface area contributed by atoms with Gasteiger partial charge in [0, 0.05) is 6.61 Å². The van der Waals surface area contributed by atoms with Crippen molar-refractivity contribution in [2.24, 2.45) is 10.8 Å². The van der Waals surface area contributed by atoms with Crippen molar-refractivity contribution in [3.63, 3.8) is 0 Å². The smallest absolute Gasteiger partial charge is 0.0492 e. The highest BCUT2D eigenvalue weighted by molar-refractivity contribution is 4.97. The van der Waals surface area contributed by atoms with Gasteiger partial charge in [0.15, 0.2) is 0 Å². The molecule has 1 N–H and O–H groups in total. The maximum atomic E-state index is 9.30. The van der Waals surface area contributed by atoms with Crippen molar-refractivity contribution in [2.75, 3.05) is 6.61 Å². The van der Waals surface area contributed by atoms with Gasteiger partial charge in [-0.05, 0) is 23.7 Å². The van der Waals surface area contributed by atoms with Gasteiger partial charge in [-0.25, -0.2) is 0 Å². The summed E-state index contributed by atoms with van der Waals surface area (Å²) in [6, 6.07) is 0. The zero-order valence-electron chi connectivity index (χ0n) is 7.98. The lowest BCUT2D eigenvalue weighted by Gasteiger charge is -2.52. The first-order valence-corrected chi connectivity index (χ1v) is 4.69. The molecule has 0 spiro atoms. The fourth-order valence-corrected chi connectivity index (χ4v) is 2.03. The lowest BCUT2D eigenvalue weighted by atomic mass is 9.54. The van der Waals surface area contributed by atoms with Crippen LogP contribution >= 0.6 is 0 Å². The number of aliphatic hydroxyl groups is 1. The molecule has 0 bridgehead atoms. The van der Waals surface area contributed by atoms with E-state index in [1.165, 1.54) is 25.7 Å². The molecular formula is C10H20O. The number of hydrogen-bond donors (Lipinski definition) is 1. The van der Waals surface area contributed by atoms with E-state index in [0.29, 0.717) is 12.0 Å². The Bertz CT molecular complexity index is 128. The van der Waals surface area contributed by atoms with Crippen LogP contribution in [0.4, 0.5) is 0 Å². The van der Waals surface area contributed by atoms with Crippen LogP contribution in [0.2, 0.25) is 0 Å². The molecule has 66 valence electrons. The molecule has 1 aliphatic rings. The molecule has 0 saturated heterocycles. The lowest BCUT2D eigenvalue weighted by Crippen LogP contribution is -2.46. The fourth-order valence-electron chi connectivity index (χ4n) is 2.03. The number of aliphatic hydroxyl groups excluding tert-OH is 1. The van der Waals surface area contributed by atoms with Crippen LogP contribution < -0.4 is 0 Å². The topological polar surface area (TPSA) is 20.2 Å². The molecule has 0 amide bonds. The van der Waals surface area contributed by atoms with Crippen LogP contribution in [0, 0.1) is 10.8 Å². The molecule has 1 heteroatoms. The molecule has 1 fully saturated rings. The van der Waals surface area contributed by atoms with Crippen LogP contribution in [0.3, 0.4) is 0 Å². The van der Waals surface area contributed by atoms with Crippen molar-refractivity contribution in [3.8, 4) is 0 Å². The maximum Gasteiger partial charge on any atom is 0.0492 e. The second-order valence-electron chi connectivity index (χ2n) is 4.53. The molecule has 0 aromatic heterocycles. The molecule has 0 aromatic carbocycles. The van der Waals surface area contributed by atoms with Gasteiger partial charge < -0.3 is 5.11 Å². The molecule has 1 aliphatic carbocycles. The molecule has 1 nitrogen and oxygen atoms in total. The monoisotopic (exact) mass is 156 g/mol. The number of rotatable bonds is 3. The predicted molar refractivity (Wildman–Crippen MR) is 47.4 cm³/mol. The zero-order chi connectivity index (χ0) is 8.54. The summed E-state index contributed by atoms with van der Waals surface area (Å²) >= 11 is 0. The molecular weight excluding hydrogens is 136 g/mol. The normalized spacial score (nSPS) is 22.9. The van der Waals surface area contributed by atoms with Gasteiger partial charge in [-0.15, -0.1) is 0 Å². The SMILES string of the molecule is CCC(C)(C)C1(CO)CCC1. The summed E-state index contributed by atoms with van der Waals surface area (Å²) in [7, 11) is 0. The Morgan fingerprint density at radius 2 is 1.91 bits per heavy atom. The van der Waals surface area contributed by atoms with Gasteiger partial charge in [-0.3, -0.25) is 0 Å². The summed E-state index contributed by atoms with van der Waals surface area (Å²) in [6.07, 6.45) is 4.94. The highest BCUT2D eigenvalue weighted by atomic mass is 16.3. The van der Waals surface area contributed by atoms with Gasteiger partial charge in [0.25, 0.3) is 0 Å². The van der Waals surface area contributed by atoms with E-state index in [1.54, 1.807) is 0 Å². The van der Waals surface area contributed by atoms with Gasteiger partial charge in [0.1, 0.15) is 0 Å². The molecule has 0 heterocycles. The summed E-state index contributed by atoms with van der Waals surface area (Å²) in [5, 5.41) is 9.30. The second kappa shape index (κ2) is 2.78. The molecule has 0 atom stereocenters. The van der Waals surface area contributed by atoms with Crippen LogP contribution in [-0.2, 0) is 0 Å². The average molecular weight is 156 g/mol. The van der Waals surface area contributed by atoms with Crippen LogP contribution in [0.25, 0.3) is 0 Å². The van der Waals surface area contributed by atoms with Crippen molar-refractivity contribution in [3.05, 3.63) is 0 Å². The molecule has 0 radical (unpaired) electrons. The van der Waals surface area contributed by atoms with Crippen LogP contribution in [0.15, 0.2) is 0 Å². The van der Waals surface area contributed by atoms with E-state index < -0.39 is 0 Å². The van der Waals surface area contributed by atoms with E-state index in [9.17, 15) is 5.11 Å². The Morgan fingerprint density at radius 1 is 1.36 bits per heavy atom. The van der Waals surface area contributed by atoms with E-state index >= 15 is 0 Å². The Hall–Kier alpha value is -0.0400. The van der Waals surface area contributed by atoms with Gasteiger partial charge >= 0.3 is 0 Å². The first-order chi connectivity index (χ1) is 5.08. The largest absolute Gasteiger partial charge is 0.396 e. The average Bonchev–Trinajstić information content (AvgIpc) is 1.86. The number of hydrogen-bond acceptors (Lipinski definition) is 1. The maximum absolute atomic E-state index is 9.30. The zero-order valence-corrected chi connectivity index (χ0v) is 7.98. The molecule has 11 heavy (non-hydrogen) atoms. The summed E-state index contributed by atoms with van der Waals surface area (Å²) in [6.45, 7) is 7.16. The van der Waals surface area contributed by atoms with Crippen LogP contribution in [0.1, 0.15) is 46.5 Å². The minimum atomic E-state index is 0.266. The lowest BCUT2D eigenvalue weighted by molar-refractivity contribution is -0.0647.